The Morgan fingerprint density at radius 1 is 0.357 bits per heavy atom. The third-order valence-corrected chi connectivity index (χ3v) is 9.49. The Labute approximate surface area is 248 Å². The zero-order valence-corrected chi connectivity index (χ0v) is 25.2. The lowest BCUT2D eigenvalue weighted by Gasteiger charge is -2.19. The highest BCUT2D eigenvalue weighted by atomic mass is 14.3. The number of aryl methyl sites for hydroxylation is 6. The van der Waals surface area contributed by atoms with E-state index in [1.54, 1.807) is 0 Å². The molecule has 202 valence electrons. The fourth-order valence-electron chi connectivity index (χ4n) is 8.03. The van der Waals surface area contributed by atoms with E-state index in [0.717, 1.165) is 0 Å². The second-order valence-electron chi connectivity index (χ2n) is 12.6. The molecule has 0 atom stereocenters. The third-order valence-electron chi connectivity index (χ3n) is 9.49. The first-order chi connectivity index (χ1) is 20.3. The van der Waals surface area contributed by atoms with E-state index in [2.05, 4.69) is 139 Å². The van der Waals surface area contributed by atoms with Crippen molar-refractivity contribution in [3.8, 4) is 44.5 Å². The van der Waals surface area contributed by atoms with Gasteiger partial charge in [-0.3, -0.25) is 0 Å². The maximum atomic E-state index is 2.49. The van der Waals surface area contributed by atoms with Gasteiger partial charge in [-0.05, 0) is 165 Å². The molecule has 0 bridgehead atoms. The lowest BCUT2D eigenvalue weighted by atomic mass is 9.85. The van der Waals surface area contributed by atoms with Gasteiger partial charge in [-0.15, -0.1) is 0 Å². The summed E-state index contributed by atoms with van der Waals surface area (Å²) in [7, 11) is 0. The maximum absolute atomic E-state index is 2.49. The molecule has 0 aliphatic heterocycles. The van der Waals surface area contributed by atoms with Crippen LogP contribution in [0.1, 0.15) is 33.4 Å². The van der Waals surface area contributed by atoms with Crippen molar-refractivity contribution in [1.82, 2.24) is 0 Å². The minimum atomic E-state index is 1.29. The van der Waals surface area contributed by atoms with Crippen molar-refractivity contribution in [2.75, 3.05) is 0 Å². The second kappa shape index (κ2) is 8.91. The van der Waals surface area contributed by atoms with Gasteiger partial charge >= 0.3 is 0 Å². The highest BCUT2D eigenvalue weighted by Gasteiger charge is 2.24. The molecule has 1 aliphatic carbocycles. The van der Waals surface area contributed by atoms with Crippen LogP contribution < -0.4 is 0 Å². The molecular weight excluding hydrogens is 504 g/mol. The molecule has 0 N–H and O–H groups in total. The molecule has 7 aromatic carbocycles. The molecule has 0 heterocycles. The van der Waals surface area contributed by atoms with Gasteiger partial charge in [0, 0.05) is 0 Å². The van der Waals surface area contributed by atoms with Crippen molar-refractivity contribution < 1.29 is 0 Å². The quantitative estimate of drug-likeness (QED) is 0.192. The molecule has 0 aromatic heterocycles. The van der Waals surface area contributed by atoms with Gasteiger partial charge in [-0.2, -0.15) is 0 Å². The van der Waals surface area contributed by atoms with E-state index in [9.17, 15) is 0 Å². The van der Waals surface area contributed by atoms with Gasteiger partial charge in [0.2, 0.25) is 0 Å². The number of rotatable bonds is 2. The molecule has 0 fully saturated rings. The first kappa shape index (κ1) is 25.1. The summed E-state index contributed by atoms with van der Waals surface area (Å²) < 4.78 is 0. The summed E-state index contributed by atoms with van der Waals surface area (Å²) in [6.07, 6.45) is 0. The standard InChI is InChI=1S/C42H34/c1-23-15-25(3)40(26(4)16-23)31-14-13-30-19-39(41-27(5)17-24(2)18-28(41)6)38-22-36-33-12-8-10-29-9-7-11-32(42(29)33)35(36)21-37(38)34(30)20-31/h7-22H,1-6H3. The monoisotopic (exact) mass is 538 g/mol. The van der Waals surface area contributed by atoms with Crippen LogP contribution in [-0.2, 0) is 0 Å². The van der Waals surface area contributed by atoms with E-state index < -0.39 is 0 Å². The van der Waals surface area contributed by atoms with E-state index in [0.29, 0.717) is 0 Å². The summed E-state index contributed by atoms with van der Waals surface area (Å²) in [5, 5.41) is 7.96. The highest BCUT2D eigenvalue weighted by molar-refractivity contribution is 6.22. The smallest absolute Gasteiger partial charge is 0.00264 e. The van der Waals surface area contributed by atoms with E-state index in [1.165, 1.54) is 110 Å². The van der Waals surface area contributed by atoms with Gasteiger partial charge in [-0.25, -0.2) is 0 Å². The molecule has 0 spiro atoms. The molecule has 8 rings (SSSR count). The molecule has 0 saturated heterocycles. The highest BCUT2D eigenvalue weighted by Crippen LogP contribution is 2.51. The Morgan fingerprint density at radius 2 is 0.905 bits per heavy atom. The van der Waals surface area contributed by atoms with Gasteiger partial charge in [0.25, 0.3) is 0 Å². The number of hydrogen-bond acceptors (Lipinski definition) is 0. The number of benzene rings is 7. The number of hydrogen-bond donors (Lipinski definition) is 0. The Hall–Kier alpha value is -4.68. The van der Waals surface area contributed by atoms with Crippen LogP contribution in [0.5, 0.6) is 0 Å². The van der Waals surface area contributed by atoms with E-state index in [1.807, 2.05) is 0 Å². The van der Waals surface area contributed by atoms with Crippen LogP contribution in [0.4, 0.5) is 0 Å². The summed E-state index contributed by atoms with van der Waals surface area (Å²) in [5.74, 6) is 0. The predicted molar refractivity (Wildman–Crippen MR) is 183 cm³/mol. The molecule has 0 saturated carbocycles. The average Bonchev–Trinajstić information content (AvgIpc) is 3.26. The summed E-state index contributed by atoms with van der Waals surface area (Å²) in [4.78, 5) is 0. The Balaban J connectivity index is 1.51. The largest absolute Gasteiger partial charge is 0.0610 e. The molecule has 1 aliphatic rings. The van der Waals surface area contributed by atoms with Crippen molar-refractivity contribution in [3.05, 3.63) is 130 Å². The van der Waals surface area contributed by atoms with Gasteiger partial charge < -0.3 is 0 Å². The van der Waals surface area contributed by atoms with Gasteiger partial charge in [-0.1, -0.05) is 83.9 Å². The van der Waals surface area contributed by atoms with Crippen LogP contribution in [0.2, 0.25) is 0 Å². The molecule has 0 radical (unpaired) electrons. The topological polar surface area (TPSA) is 0 Å². The Morgan fingerprint density at radius 3 is 1.50 bits per heavy atom. The minimum Gasteiger partial charge on any atom is -0.0610 e. The van der Waals surface area contributed by atoms with Crippen molar-refractivity contribution in [2.24, 2.45) is 0 Å². The molecular formula is C42H34. The Kier molecular flexibility index (Phi) is 5.32. The third kappa shape index (κ3) is 3.55. The lowest BCUT2D eigenvalue weighted by molar-refractivity contribution is 1.32. The van der Waals surface area contributed by atoms with Crippen LogP contribution in [-0.4, -0.2) is 0 Å². The molecule has 0 unspecified atom stereocenters. The molecule has 7 aromatic rings. The first-order valence-electron chi connectivity index (χ1n) is 15.0. The SMILES string of the molecule is Cc1cc(C)c(-c2ccc3cc(-c4c(C)cc(C)cc4C)c4cc5c(cc4c3c2)-c2cccc3cccc-5c23)c(C)c1. The first-order valence-corrected chi connectivity index (χ1v) is 15.0. The average molecular weight is 539 g/mol. The fourth-order valence-corrected chi connectivity index (χ4v) is 8.03. The van der Waals surface area contributed by atoms with Crippen molar-refractivity contribution in [1.29, 1.82) is 0 Å². The second-order valence-corrected chi connectivity index (χ2v) is 12.6. The van der Waals surface area contributed by atoms with Crippen LogP contribution in [0.3, 0.4) is 0 Å². The Bertz CT molecular complexity index is 2240. The van der Waals surface area contributed by atoms with E-state index in [4.69, 9.17) is 0 Å². The van der Waals surface area contributed by atoms with Crippen molar-refractivity contribution in [3.63, 3.8) is 0 Å². The molecule has 42 heavy (non-hydrogen) atoms. The van der Waals surface area contributed by atoms with Crippen LogP contribution >= 0.6 is 0 Å². The molecule has 0 nitrogen and oxygen atoms in total. The summed E-state index contributed by atoms with van der Waals surface area (Å²) in [5.41, 5.74) is 18.7. The fraction of sp³-hybridized carbons (Fsp3) is 0.143. The van der Waals surface area contributed by atoms with E-state index >= 15 is 0 Å². The molecule has 0 amide bonds. The van der Waals surface area contributed by atoms with Crippen LogP contribution in [0, 0.1) is 41.5 Å². The summed E-state index contributed by atoms with van der Waals surface area (Å²) in [6.45, 7) is 13.4. The normalized spacial score (nSPS) is 12.0. The van der Waals surface area contributed by atoms with Crippen molar-refractivity contribution >= 4 is 32.3 Å². The lowest BCUT2D eigenvalue weighted by Crippen LogP contribution is -1.94. The van der Waals surface area contributed by atoms with Crippen LogP contribution in [0.25, 0.3) is 76.8 Å². The zero-order valence-electron chi connectivity index (χ0n) is 25.2. The van der Waals surface area contributed by atoms with Gasteiger partial charge in [0.15, 0.2) is 0 Å². The van der Waals surface area contributed by atoms with Gasteiger partial charge in [0.05, 0.1) is 0 Å². The van der Waals surface area contributed by atoms with Crippen LogP contribution in [0.15, 0.2) is 97.1 Å². The predicted octanol–water partition coefficient (Wildman–Crippen LogP) is 12.0. The summed E-state index contributed by atoms with van der Waals surface area (Å²) >= 11 is 0. The van der Waals surface area contributed by atoms with Crippen molar-refractivity contribution in [2.45, 2.75) is 41.5 Å². The molecule has 0 heteroatoms. The maximum Gasteiger partial charge on any atom is -0.00264 e. The van der Waals surface area contributed by atoms with Gasteiger partial charge in [0.1, 0.15) is 0 Å². The zero-order chi connectivity index (χ0) is 28.9. The minimum absolute atomic E-state index is 1.29. The summed E-state index contributed by atoms with van der Waals surface area (Å²) in [6, 6.07) is 37.3. The number of fused-ring (bicyclic) bond motifs is 6. The van der Waals surface area contributed by atoms with E-state index in [-0.39, 0.29) is 0 Å².